The lowest BCUT2D eigenvalue weighted by molar-refractivity contribution is -0.383. The van der Waals surface area contributed by atoms with Crippen molar-refractivity contribution in [3.63, 3.8) is 0 Å². The molecule has 0 atom stereocenters. The van der Waals surface area contributed by atoms with Gasteiger partial charge in [0.05, 0.1) is 4.92 Å². The van der Waals surface area contributed by atoms with Crippen LogP contribution in [0.3, 0.4) is 0 Å². The predicted molar refractivity (Wildman–Crippen MR) is 83.7 cm³/mol. The van der Waals surface area contributed by atoms with Crippen molar-refractivity contribution >= 4 is 28.7 Å². The molecule has 0 unspecified atom stereocenters. The van der Waals surface area contributed by atoms with Gasteiger partial charge in [-0.25, -0.2) is 0 Å². The highest BCUT2D eigenvalue weighted by Gasteiger charge is 2.13. The lowest BCUT2D eigenvalue weighted by Crippen LogP contribution is -2.12. The monoisotopic (exact) mass is 301 g/mol. The zero-order valence-electron chi connectivity index (χ0n) is 11.9. The Kier molecular flexibility index (Phi) is 4.57. The van der Waals surface area contributed by atoms with Crippen LogP contribution in [0.4, 0.5) is 22.7 Å². The number of rotatable bonds is 6. The average molecular weight is 301 g/mol. The molecule has 0 aliphatic rings. The topological polar surface area (TPSA) is 105 Å². The molecule has 0 amide bonds. The van der Waals surface area contributed by atoms with Crippen molar-refractivity contribution in [2.24, 2.45) is 0 Å². The fraction of sp³-hybridized carbons (Fsp3) is 0.133. The van der Waals surface area contributed by atoms with E-state index in [9.17, 15) is 14.9 Å². The number of nitro benzene ring substituents is 1. The highest BCUT2D eigenvalue weighted by atomic mass is 16.6. The van der Waals surface area contributed by atoms with E-state index in [4.69, 9.17) is 5.11 Å². The van der Waals surface area contributed by atoms with Crippen LogP contribution >= 0.6 is 0 Å². The smallest absolute Gasteiger partial charge is 0.322 e. The lowest BCUT2D eigenvalue weighted by Gasteiger charge is -2.09. The minimum atomic E-state index is -0.947. The molecule has 0 radical (unpaired) electrons. The summed E-state index contributed by atoms with van der Waals surface area (Å²) in [4.78, 5) is 21.1. The van der Waals surface area contributed by atoms with E-state index in [-0.39, 0.29) is 12.2 Å². The molecule has 0 saturated carbocycles. The van der Waals surface area contributed by atoms with Crippen LogP contribution in [0.25, 0.3) is 0 Å². The fourth-order valence-electron chi connectivity index (χ4n) is 1.91. The lowest BCUT2D eigenvalue weighted by atomic mass is 10.2. The number of aliphatic carboxylic acids is 1. The third-order valence-corrected chi connectivity index (χ3v) is 2.96. The summed E-state index contributed by atoms with van der Waals surface area (Å²) in [6.07, 6.45) is 0. The number of carboxylic acid groups (broad SMARTS) is 1. The SMILES string of the molecule is Cc1ccc([N+](=O)[O-])c(Nc2ccc(NCC(=O)O)cc2)c1. The van der Waals surface area contributed by atoms with Gasteiger partial charge in [-0.3, -0.25) is 14.9 Å². The number of hydrogen-bond donors (Lipinski definition) is 3. The summed E-state index contributed by atoms with van der Waals surface area (Å²) in [7, 11) is 0. The number of carbonyl (C=O) groups is 1. The Balaban J connectivity index is 2.15. The van der Waals surface area contributed by atoms with Crippen molar-refractivity contribution in [1.82, 2.24) is 0 Å². The van der Waals surface area contributed by atoms with Gasteiger partial charge in [0.1, 0.15) is 12.2 Å². The second-order valence-corrected chi connectivity index (χ2v) is 4.73. The van der Waals surface area contributed by atoms with Gasteiger partial charge in [-0.2, -0.15) is 0 Å². The van der Waals surface area contributed by atoms with Gasteiger partial charge >= 0.3 is 5.97 Å². The quantitative estimate of drug-likeness (QED) is 0.559. The summed E-state index contributed by atoms with van der Waals surface area (Å²) in [5.74, 6) is -0.947. The van der Waals surface area contributed by atoms with Gasteiger partial charge in [-0.15, -0.1) is 0 Å². The molecule has 2 aromatic rings. The van der Waals surface area contributed by atoms with Gasteiger partial charge < -0.3 is 15.7 Å². The number of anilines is 3. The molecule has 2 aromatic carbocycles. The number of nitrogens with zero attached hydrogens (tertiary/aromatic N) is 1. The second-order valence-electron chi connectivity index (χ2n) is 4.73. The van der Waals surface area contributed by atoms with Crippen molar-refractivity contribution in [1.29, 1.82) is 0 Å². The molecule has 0 fully saturated rings. The molecule has 0 spiro atoms. The van der Waals surface area contributed by atoms with Crippen molar-refractivity contribution < 1.29 is 14.8 Å². The Labute approximate surface area is 126 Å². The van der Waals surface area contributed by atoms with Crippen LogP contribution < -0.4 is 10.6 Å². The Hall–Kier alpha value is -3.09. The molecule has 114 valence electrons. The predicted octanol–water partition coefficient (Wildman–Crippen LogP) is 3.14. The molecule has 0 aliphatic carbocycles. The van der Waals surface area contributed by atoms with Crippen LogP contribution in [0, 0.1) is 17.0 Å². The van der Waals surface area contributed by atoms with Crippen LogP contribution in [0.5, 0.6) is 0 Å². The summed E-state index contributed by atoms with van der Waals surface area (Å²) in [5.41, 5.74) is 2.66. The number of nitrogens with one attached hydrogen (secondary N) is 2. The van der Waals surface area contributed by atoms with Gasteiger partial charge in [0.15, 0.2) is 0 Å². The summed E-state index contributed by atoms with van der Waals surface area (Å²) in [6, 6.07) is 11.7. The van der Waals surface area contributed by atoms with E-state index in [1.165, 1.54) is 6.07 Å². The van der Waals surface area contributed by atoms with E-state index >= 15 is 0 Å². The van der Waals surface area contributed by atoms with Crippen LogP contribution in [-0.2, 0) is 4.79 Å². The maximum atomic E-state index is 11.0. The first-order valence-electron chi connectivity index (χ1n) is 6.53. The van der Waals surface area contributed by atoms with Crippen LogP contribution in [0.2, 0.25) is 0 Å². The third-order valence-electron chi connectivity index (χ3n) is 2.96. The summed E-state index contributed by atoms with van der Waals surface area (Å²) in [6.45, 7) is 1.68. The summed E-state index contributed by atoms with van der Waals surface area (Å²) in [5, 5.41) is 25.4. The molecule has 0 bridgehead atoms. The summed E-state index contributed by atoms with van der Waals surface area (Å²) >= 11 is 0. The highest BCUT2D eigenvalue weighted by molar-refractivity contribution is 5.74. The molecule has 22 heavy (non-hydrogen) atoms. The van der Waals surface area contributed by atoms with Crippen molar-refractivity contribution in [2.45, 2.75) is 6.92 Å². The summed E-state index contributed by atoms with van der Waals surface area (Å²) < 4.78 is 0. The molecule has 0 aliphatic heterocycles. The Morgan fingerprint density at radius 3 is 2.41 bits per heavy atom. The van der Waals surface area contributed by atoms with Gasteiger partial charge in [-0.05, 0) is 42.8 Å². The largest absolute Gasteiger partial charge is 0.480 e. The van der Waals surface area contributed by atoms with Gasteiger partial charge in [0.25, 0.3) is 5.69 Å². The van der Waals surface area contributed by atoms with E-state index in [1.54, 1.807) is 36.4 Å². The normalized spacial score (nSPS) is 10.0. The third kappa shape index (κ3) is 3.95. The molecule has 3 N–H and O–H groups in total. The minimum Gasteiger partial charge on any atom is -0.480 e. The zero-order chi connectivity index (χ0) is 16.1. The minimum absolute atomic E-state index is 0.00122. The Bertz CT molecular complexity index is 698. The van der Waals surface area contributed by atoms with Crippen LogP contribution in [0.15, 0.2) is 42.5 Å². The number of nitro groups is 1. The van der Waals surface area contributed by atoms with Crippen molar-refractivity contribution in [2.75, 3.05) is 17.2 Å². The van der Waals surface area contributed by atoms with Gasteiger partial charge in [-0.1, -0.05) is 6.07 Å². The van der Waals surface area contributed by atoms with Gasteiger partial charge in [0, 0.05) is 17.4 Å². The van der Waals surface area contributed by atoms with Crippen molar-refractivity contribution in [3.8, 4) is 0 Å². The number of carboxylic acids is 1. The molecular weight excluding hydrogens is 286 g/mol. The van der Waals surface area contributed by atoms with Crippen LogP contribution in [0.1, 0.15) is 5.56 Å². The van der Waals surface area contributed by atoms with E-state index in [0.29, 0.717) is 17.1 Å². The number of benzene rings is 2. The van der Waals surface area contributed by atoms with E-state index in [1.807, 2.05) is 6.92 Å². The molecule has 2 rings (SSSR count). The maximum Gasteiger partial charge on any atom is 0.322 e. The van der Waals surface area contributed by atoms with E-state index < -0.39 is 10.9 Å². The van der Waals surface area contributed by atoms with Gasteiger partial charge in [0.2, 0.25) is 0 Å². The average Bonchev–Trinajstić information content (AvgIpc) is 2.46. The maximum absolute atomic E-state index is 11.0. The number of aryl methyl sites for hydroxylation is 1. The fourth-order valence-corrected chi connectivity index (χ4v) is 1.91. The molecule has 7 nitrogen and oxygen atoms in total. The first kappa shape index (κ1) is 15.3. The number of hydrogen-bond acceptors (Lipinski definition) is 5. The highest BCUT2D eigenvalue weighted by Crippen LogP contribution is 2.28. The Morgan fingerprint density at radius 1 is 1.18 bits per heavy atom. The molecule has 0 heterocycles. The first-order chi connectivity index (χ1) is 10.5. The first-order valence-corrected chi connectivity index (χ1v) is 6.53. The molecule has 0 aromatic heterocycles. The standard InChI is InChI=1S/C15H15N3O4/c1-10-2-7-14(18(21)22)13(8-10)17-12-5-3-11(4-6-12)16-9-15(19)20/h2-8,16-17H,9H2,1H3,(H,19,20). The van der Waals surface area contributed by atoms with Crippen molar-refractivity contribution in [3.05, 3.63) is 58.1 Å². The van der Waals surface area contributed by atoms with E-state index in [2.05, 4.69) is 10.6 Å². The molecule has 0 saturated heterocycles. The van der Waals surface area contributed by atoms with Crippen LogP contribution in [-0.4, -0.2) is 22.5 Å². The zero-order valence-corrected chi connectivity index (χ0v) is 11.9. The molecule has 7 heteroatoms. The Morgan fingerprint density at radius 2 is 1.82 bits per heavy atom. The molecular formula is C15H15N3O4. The second kappa shape index (κ2) is 6.57. The van der Waals surface area contributed by atoms with E-state index in [0.717, 1.165) is 5.56 Å².